The van der Waals surface area contributed by atoms with Crippen molar-refractivity contribution in [2.45, 2.75) is 115 Å². The highest BCUT2D eigenvalue weighted by atomic mass is 16.5. The van der Waals surface area contributed by atoms with Gasteiger partial charge >= 0.3 is 0 Å². The number of ether oxygens (including phenoxy) is 2. The monoisotopic (exact) mass is 820 g/mol. The smallest absolute Gasteiger partial charge is 0.248 e. The molecule has 4 bridgehead atoms. The highest BCUT2D eigenvalue weighted by Gasteiger charge is 2.36. The van der Waals surface area contributed by atoms with Crippen LogP contribution in [0.25, 0.3) is 11.1 Å². The zero-order valence-corrected chi connectivity index (χ0v) is 35.0. The largest absolute Gasteiger partial charge is 0.492 e. The number of nitrogens with one attached hydrogen (secondary N) is 4. The van der Waals surface area contributed by atoms with E-state index in [0.29, 0.717) is 40.2 Å². The molecule has 3 rings (SSSR count). The van der Waals surface area contributed by atoms with Crippen LogP contribution in [0.2, 0.25) is 0 Å². The van der Waals surface area contributed by atoms with Crippen LogP contribution in [0.5, 0.6) is 11.5 Å². The third-order valence-electron chi connectivity index (χ3n) is 10.2. The molecule has 1 aliphatic heterocycles. The van der Waals surface area contributed by atoms with E-state index in [0.717, 1.165) is 19.3 Å². The molecule has 16 heteroatoms. The van der Waals surface area contributed by atoms with Gasteiger partial charge in [0.15, 0.2) is 0 Å². The zero-order valence-electron chi connectivity index (χ0n) is 35.0. The summed E-state index contributed by atoms with van der Waals surface area (Å²) in [6.45, 7) is 4.24. The van der Waals surface area contributed by atoms with Crippen LogP contribution in [0.15, 0.2) is 36.4 Å². The molecule has 0 fully saturated rings. The second kappa shape index (κ2) is 26.0. The van der Waals surface area contributed by atoms with Gasteiger partial charge in [-0.2, -0.15) is 5.26 Å². The van der Waals surface area contributed by atoms with E-state index in [1.165, 1.54) is 51.0 Å². The average Bonchev–Trinajstić information content (AvgIpc) is 3.22. The number of carbonyl (C=O) groups is 5. The first-order valence-corrected chi connectivity index (χ1v) is 20.9. The second-order valence-electron chi connectivity index (χ2n) is 14.9. The molecule has 0 spiro atoms. The lowest BCUT2D eigenvalue weighted by atomic mass is 9.93. The number of hydrogen-bond acceptors (Lipinski definition) is 11. The van der Waals surface area contributed by atoms with Gasteiger partial charge in [-0.05, 0) is 61.7 Å². The van der Waals surface area contributed by atoms with Crippen molar-refractivity contribution in [1.82, 2.24) is 26.2 Å². The van der Waals surface area contributed by atoms with Crippen molar-refractivity contribution in [3.05, 3.63) is 47.5 Å². The number of benzene rings is 2. The van der Waals surface area contributed by atoms with E-state index < -0.39 is 47.8 Å². The van der Waals surface area contributed by atoms with Crippen LogP contribution in [-0.4, -0.2) is 99.0 Å². The van der Waals surface area contributed by atoms with Gasteiger partial charge in [-0.1, -0.05) is 70.4 Å². The Morgan fingerprint density at radius 2 is 1.47 bits per heavy atom. The lowest BCUT2D eigenvalue weighted by Crippen LogP contribution is -2.56. The second-order valence-corrected chi connectivity index (χ2v) is 14.9. The number of nitrogens with two attached hydrogens (primary N) is 3. The van der Waals surface area contributed by atoms with E-state index in [1.54, 1.807) is 36.4 Å². The molecule has 1 aliphatic rings. The Labute approximate surface area is 348 Å². The summed E-state index contributed by atoms with van der Waals surface area (Å²) in [4.78, 5) is 70.0. The SMILES string of the molecule is CCCCCCCCCCCC(=O)N[C@@H](CCN)C(=O)N(C)C1C(=O)N[C@@H](C)C(=O)N[C@H](C(=O)NCC#N)Cc2ccc(OCCN)c(c2)-c2cc1ccc2OCCN. The van der Waals surface area contributed by atoms with Gasteiger partial charge in [0.1, 0.15) is 55.4 Å². The van der Waals surface area contributed by atoms with E-state index >= 15 is 0 Å². The summed E-state index contributed by atoms with van der Waals surface area (Å²) >= 11 is 0. The Morgan fingerprint density at radius 1 is 0.864 bits per heavy atom. The molecular formula is C43H65N9O7. The van der Waals surface area contributed by atoms with Gasteiger partial charge in [0, 0.05) is 44.1 Å². The molecule has 1 heterocycles. The van der Waals surface area contributed by atoms with Gasteiger partial charge in [-0.25, -0.2) is 0 Å². The van der Waals surface area contributed by atoms with Gasteiger partial charge in [0.25, 0.3) is 0 Å². The average molecular weight is 820 g/mol. The Kier molecular flexibility index (Phi) is 21.2. The van der Waals surface area contributed by atoms with E-state index in [4.69, 9.17) is 31.9 Å². The highest BCUT2D eigenvalue weighted by molar-refractivity contribution is 5.96. The molecule has 324 valence electrons. The fourth-order valence-electron chi connectivity index (χ4n) is 6.99. The molecule has 16 nitrogen and oxygen atoms in total. The van der Waals surface area contributed by atoms with Crippen molar-refractivity contribution < 1.29 is 33.4 Å². The van der Waals surface area contributed by atoms with Crippen molar-refractivity contribution in [2.75, 3.05) is 46.4 Å². The number of unbranched alkanes of at least 4 members (excludes halogenated alkanes) is 8. The predicted octanol–water partition coefficient (Wildman–Crippen LogP) is 2.47. The lowest BCUT2D eigenvalue weighted by Gasteiger charge is -2.32. The Bertz CT molecular complexity index is 1730. The lowest BCUT2D eigenvalue weighted by molar-refractivity contribution is -0.143. The van der Waals surface area contributed by atoms with Crippen LogP contribution in [0.3, 0.4) is 0 Å². The molecule has 0 radical (unpaired) electrons. The first-order chi connectivity index (χ1) is 28.5. The molecule has 0 saturated carbocycles. The Hall–Kier alpha value is -5.24. The van der Waals surface area contributed by atoms with Crippen LogP contribution in [0, 0.1) is 11.3 Å². The fraction of sp³-hybridized carbons (Fsp3) is 0.581. The van der Waals surface area contributed by atoms with E-state index in [1.807, 2.05) is 6.07 Å². The van der Waals surface area contributed by atoms with Gasteiger partial charge in [0.2, 0.25) is 29.5 Å². The van der Waals surface area contributed by atoms with Crippen molar-refractivity contribution in [1.29, 1.82) is 5.26 Å². The first kappa shape index (κ1) is 48.1. The Morgan fingerprint density at radius 3 is 2.08 bits per heavy atom. The fourth-order valence-corrected chi connectivity index (χ4v) is 6.99. The van der Waals surface area contributed by atoms with Crippen LogP contribution in [0.1, 0.15) is 102 Å². The molecule has 0 aliphatic carbocycles. The number of nitrogens with zero attached hydrogens (tertiary/aromatic N) is 2. The number of amides is 5. The quantitative estimate of drug-likeness (QED) is 0.0633. The molecular weight excluding hydrogens is 755 g/mol. The van der Waals surface area contributed by atoms with Gasteiger partial charge in [-0.15, -0.1) is 0 Å². The van der Waals surface area contributed by atoms with Crippen molar-refractivity contribution in [3.63, 3.8) is 0 Å². The normalized spacial score (nSPS) is 17.0. The van der Waals surface area contributed by atoms with Crippen LogP contribution in [-0.2, 0) is 30.4 Å². The van der Waals surface area contributed by atoms with Gasteiger partial charge < -0.3 is 52.8 Å². The minimum atomic E-state index is -1.32. The number of fused-ring (bicyclic) bond motifs is 5. The molecule has 5 amide bonds. The van der Waals surface area contributed by atoms with E-state index in [9.17, 15) is 24.0 Å². The van der Waals surface area contributed by atoms with Crippen molar-refractivity contribution >= 4 is 29.5 Å². The van der Waals surface area contributed by atoms with Crippen LogP contribution < -0.4 is 47.9 Å². The molecule has 2 aromatic carbocycles. The first-order valence-electron chi connectivity index (χ1n) is 20.9. The third kappa shape index (κ3) is 15.1. The number of likely N-dealkylation sites (N-methyl/N-ethyl adjacent to an activating group) is 1. The summed E-state index contributed by atoms with van der Waals surface area (Å²) in [5, 5.41) is 19.9. The molecule has 10 N–H and O–H groups in total. The maximum absolute atomic E-state index is 14.4. The summed E-state index contributed by atoms with van der Waals surface area (Å²) in [6.07, 6.45) is 10.3. The minimum Gasteiger partial charge on any atom is -0.492 e. The van der Waals surface area contributed by atoms with Crippen molar-refractivity contribution in [2.24, 2.45) is 17.2 Å². The zero-order chi connectivity index (χ0) is 43.2. The summed E-state index contributed by atoms with van der Waals surface area (Å²) in [5.74, 6) is -1.97. The van der Waals surface area contributed by atoms with Gasteiger partial charge in [-0.3, -0.25) is 24.0 Å². The molecule has 4 atom stereocenters. The summed E-state index contributed by atoms with van der Waals surface area (Å²) in [5.41, 5.74) is 19.6. The summed E-state index contributed by atoms with van der Waals surface area (Å²) in [6, 6.07) is 7.53. The van der Waals surface area contributed by atoms with Crippen molar-refractivity contribution in [3.8, 4) is 28.7 Å². The number of nitriles is 1. The van der Waals surface area contributed by atoms with E-state index in [-0.39, 0.29) is 64.6 Å². The number of hydrogen-bond donors (Lipinski definition) is 7. The molecule has 2 aromatic rings. The van der Waals surface area contributed by atoms with Crippen LogP contribution >= 0.6 is 0 Å². The van der Waals surface area contributed by atoms with Crippen LogP contribution in [0.4, 0.5) is 0 Å². The summed E-state index contributed by atoms with van der Waals surface area (Å²) in [7, 11) is 1.46. The molecule has 0 aromatic heterocycles. The van der Waals surface area contributed by atoms with E-state index in [2.05, 4.69) is 28.2 Å². The Balaban J connectivity index is 2.05. The maximum Gasteiger partial charge on any atom is 0.248 e. The topological polar surface area (TPSA) is 257 Å². The molecule has 0 saturated heterocycles. The predicted molar refractivity (Wildman–Crippen MR) is 226 cm³/mol. The molecule has 1 unspecified atom stereocenters. The summed E-state index contributed by atoms with van der Waals surface area (Å²) < 4.78 is 12.1. The third-order valence-corrected chi connectivity index (χ3v) is 10.2. The minimum absolute atomic E-state index is 0.0275. The van der Waals surface area contributed by atoms with Gasteiger partial charge in [0.05, 0.1) is 6.07 Å². The number of rotatable bonds is 23. The maximum atomic E-state index is 14.4. The molecule has 59 heavy (non-hydrogen) atoms. The highest BCUT2D eigenvalue weighted by Crippen LogP contribution is 2.40. The standard InChI is InChI=1S/C43H65N9O7/c1-4-5-6-7-8-9-10-11-12-13-38(53)50-34(18-19-44)43(57)52(3)39-31-15-17-37(59-25-22-47)33(28-31)32-26-30(14-16-36(32)58-24-21-46)27-35(41(55)48-23-20-45)51-40(54)29(2)49-42(39)56/h14-17,26,28-29,34-35,39H,4-13,18-19,21-25,27,44,46-47H2,1-3H3,(H,48,55)(H,49,56)(H,50,53)(H,51,54)/t29-,34-,35-,39?/m0/s1. The number of carbonyl (C=O) groups excluding carboxylic acids is 5.